The fourth-order valence-corrected chi connectivity index (χ4v) is 9.16. The molecule has 178 valence electrons. The largest absolute Gasteiger partial charge is 0.384 e. The molecule has 8 unspecified atom stereocenters. The number of fused-ring (bicyclic) bond motifs is 6. The standard InChI is InChI=1S/C28H39N3O2/c1-28-12-11-21-20-7-5-18(17-33-2)14-19(20)6-8-22(21)23(28)9-10-24(28)27(32)16-31-26-4-3-13-29-25(26)15-30-31/h3-4,13,15,18-24H,5-12,14,16-17H2,1-2H3. The predicted molar refractivity (Wildman–Crippen MR) is 129 cm³/mol. The van der Waals surface area contributed by atoms with Gasteiger partial charge in [0, 0.05) is 25.8 Å². The first kappa shape index (κ1) is 21.8. The van der Waals surface area contributed by atoms with Crippen molar-refractivity contribution in [2.75, 3.05) is 13.7 Å². The van der Waals surface area contributed by atoms with E-state index in [1.54, 1.807) is 12.4 Å². The summed E-state index contributed by atoms with van der Waals surface area (Å²) in [5.41, 5.74) is 2.02. The first-order valence-electron chi connectivity index (χ1n) is 13.4. The number of ether oxygens (including phenoxy) is 1. The Bertz CT molecular complexity index is 1020. The molecule has 0 aliphatic heterocycles. The van der Waals surface area contributed by atoms with Crippen LogP contribution in [-0.2, 0) is 16.1 Å². The molecule has 0 amide bonds. The van der Waals surface area contributed by atoms with Crippen molar-refractivity contribution in [1.82, 2.24) is 14.8 Å². The van der Waals surface area contributed by atoms with Crippen LogP contribution >= 0.6 is 0 Å². The van der Waals surface area contributed by atoms with Crippen LogP contribution in [0.15, 0.2) is 24.5 Å². The van der Waals surface area contributed by atoms with Gasteiger partial charge in [0.05, 0.1) is 11.7 Å². The highest BCUT2D eigenvalue weighted by Crippen LogP contribution is 2.64. The second-order valence-electron chi connectivity index (χ2n) is 11.9. The number of hydrogen-bond acceptors (Lipinski definition) is 4. The maximum atomic E-state index is 13.6. The number of rotatable bonds is 5. The normalized spacial score (nSPS) is 40.2. The highest BCUT2D eigenvalue weighted by Gasteiger charge is 2.58. The van der Waals surface area contributed by atoms with Gasteiger partial charge in [0.1, 0.15) is 12.1 Å². The van der Waals surface area contributed by atoms with Gasteiger partial charge in [-0.1, -0.05) is 6.92 Å². The molecule has 4 fully saturated rings. The predicted octanol–water partition coefficient (Wildman–Crippen LogP) is 5.53. The van der Waals surface area contributed by atoms with E-state index in [-0.39, 0.29) is 11.3 Å². The minimum atomic E-state index is 0.180. The molecular weight excluding hydrogens is 410 g/mol. The number of nitrogens with zero attached hydrogens (tertiary/aromatic N) is 3. The van der Waals surface area contributed by atoms with Gasteiger partial charge >= 0.3 is 0 Å². The average Bonchev–Trinajstić information content (AvgIpc) is 3.39. The molecule has 0 radical (unpaired) electrons. The molecule has 4 saturated carbocycles. The van der Waals surface area contributed by atoms with E-state index in [1.807, 2.05) is 23.9 Å². The van der Waals surface area contributed by atoms with E-state index in [4.69, 9.17) is 4.74 Å². The average molecular weight is 450 g/mol. The number of Topliss-reactive ketones (excluding diaryl/α,β-unsaturated/α-hetero) is 1. The minimum absolute atomic E-state index is 0.180. The summed E-state index contributed by atoms with van der Waals surface area (Å²) in [6, 6.07) is 3.95. The van der Waals surface area contributed by atoms with E-state index in [0.717, 1.165) is 59.6 Å². The van der Waals surface area contributed by atoms with Crippen LogP contribution in [0, 0.1) is 46.8 Å². The van der Waals surface area contributed by atoms with Crippen LogP contribution in [0.5, 0.6) is 0 Å². The SMILES string of the molecule is COCC1CCC2C(CCC3C2CCC2(C)C(C(=O)Cn4ncc5ncccc54)CCC32)C1. The van der Waals surface area contributed by atoms with Gasteiger partial charge in [0.25, 0.3) is 0 Å². The van der Waals surface area contributed by atoms with Gasteiger partial charge < -0.3 is 4.74 Å². The number of hydrogen-bond donors (Lipinski definition) is 0. The molecule has 0 bridgehead atoms. The highest BCUT2D eigenvalue weighted by atomic mass is 16.5. The van der Waals surface area contributed by atoms with E-state index < -0.39 is 0 Å². The Morgan fingerprint density at radius 3 is 2.88 bits per heavy atom. The maximum absolute atomic E-state index is 13.6. The van der Waals surface area contributed by atoms with Crippen LogP contribution in [-0.4, -0.2) is 34.3 Å². The lowest BCUT2D eigenvalue weighted by Gasteiger charge is -2.56. The molecule has 0 aromatic carbocycles. The summed E-state index contributed by atoms with van der Waals surface area (Å²) in [5.74, 6) is 5.69. The maximum Gasteiger partial charge on any atom is 0.157 e. The summed E-state index contributed by atoms with van der Waals surface area (Å²) < 4.78 is 7.36. The van der Waals surface area contributed by atoms with Crippen molar-refractivity contribution in [3.8, 4) is 0 Å². The van der Waals surface area contributed by atoms with Crippen LogP contribution in [0.4, 0.5) is 0 Å². The molecule has 2 heterocycles. The number of pyridine rings is 1. The van der Waals surface area contributed by atoms with Gasteiger partial charge in [-0.2, -0.15) is 5.10 Å². The van der Waals surface area contributed by atoms with E-state index >= 15 is 0 Å². The fourth-order valence-electron chi connectivity index (χ4n) is 9.16. The molecule has 4 aliphatic rings. The molecule has 2 aromatic rings. The van der Waals surface area contributed by atoms with Crippen molar-refractivity contribution in [2.24, 2.45) is 46.8 Å². The highest BCUT2D eigenvalue weighted by molar-refractivity contribution is 5.84. The molecule has 5 heteroatoms. The van der Waals surface area contributed by atoms with Crippen molar-refractivity contribution in [2.45, 2.75) is 71.3 Å². The van der Waals surface area contributed by atoms with Gasteiger partial charge in [-0.05, 0) is 111 Å². The topological polar surface area (TPSA) is 57.0 Å². The zero-order valence-electron chi connectivity index (χ0n) is 20.3. The van der Waals surface area contributed by atoms with Crippen molar-refractivity contribution >= 4 is 16.8 Å². The van der Waals surface area contributed by atoms with Crippen LogP contribution in [0.25, 0.3) is 11.0 Å². The number of carbonyl (C=O) groups excluding carboxylic acids is 1. The second-order valence-corrected chi connectivity index (χ2v) is 11.9. The summed E-state index contributed by atoms with van der Waals surface area (Å²) in [6.45, 7) is 3.80. The van der Waals surface area contributed by atoms with Gasteiger partial charge in [0.2, 0.25) is 0 Å². The lowest BCUT2D eigenvalue weighted by molar-refractivity contribution is -0.131. The van der Waals surface area contributed by atoms with Gasteiger partial charge in [0.15, 0.2) is 5.78 Å². The molecule has 2 aromatic heterocycles. The third-order valence-electron chi connectivity index (χ3n) is 10.6. The summed E-state index contributed by atoms with van der Waals surface area (Å²) >= 11 is 0. The minimum Gasteiger partial charge on any atom is -0.384 e. The van der Waals surface area contributed by atoms with Gasteiger partial charge in [-0.15, -0.1) is 0 Å². The Hall–Kier alpha value is -1.75. The van der Waals surface area contributed by atoms with E-state index in [0.29, 0.717) is 12.3 Å². The van der Waals surface area contributed by atoms with Crippen LogP contribution in [0.3, 0.4) is 0 Å². The molecule has 0 saturated heterocycles. The Morgan fingerprint density at radius 2 is 2.00 bits per heavy atom. The lowest BCUT2D eigenvalue weighted by atomic mass is 9.49. The Morgan fingerprint density at radius 1 is 1.12 bits per heavy atom. The number of aromatic nitrogens is 3. The molecular formula is C28H39N3O2. The second kappa shape index (κ2) is 8.48. The summed E-state index contributed by atoms with van der Waals surface area (Å²) in [7, 11) is 1.86. The number of ketones is 1. The molecule has 4 aliphatic carbocycles. The van der Waals surface area contributed by atoms with Crippen molar-refractivity contribution < 1.29 is 9.53 Å². The molecule has 33 heavy (non-hydrogen) atoms. The van der Waals surface area contributed by atoms with Crippen LogP contribution in [0.2, 0.25) is 0 Å². The lowest BCUT2D eigenvalue weighted by Crippen LogP contribution is -2.49. The van der Waals surface area contributed by atoms with Gasteiger partial charge in [-0.3, -0.25) is 14.5 Å². The van der Waals surface area contributed by atoms with Crippen molar-refractivity contribution in [1.29, 1.82) is 0 Å². The van der Waals surface area contributed by atoms with E-state index in [2.05, 4.69) is 17.0 Å². The molecule has 5 nitrogen and oxygen atoms in total. The zero-order valence-corrected chi connectivity index (χ0v) is 20.3. The van der Waals surface area contributed by atoms with Crippen LogP contribution in [0.1, 0.15) is 64.7 Å². The Kier molecular flexibility index (Phi) is 5.59. The summed E-state index contributed by atoms with van der Waals surface area (Å²) in [6.07, 6.45) is 15.4. The third kappa shape index (κ3) is 3.57. The first-order valence-corrected chi connectivity index (χ1v) is 13.4. The van der Waals surface area contributed by atoms with Crippen LogP contribution < -0.4 is 0 Å². The quantitative estimate of drug-likeness (QED) is 0.602. The number of methoxy groups -OCH3 is 1. The Labute approximate surface area is 197 Å². The zero-order chi connectivity index (χ0) is 22.6. The van der Waals surface area contributed by atoms with Gasteiger partial charge in [-0.25, -0.2) is 0 Å². The molecule has 0 N–H and O–H groups in total. The monoisotopic (exact) mass is 449 g/mol. The van der Waals surface area contributed by atoms with Crippen molar-refractivity contribution in [3.63, 3.8) is 0 Å². The summed E-state index contributed by atoms with van der Waals surface area (Å²) in [4.78, 5) is 18.0. The van der Waals surface area contributed by atoms with E-state index in [9.17, 15) is 4.79 Å². The molecule has 6 rings (SSSR count). The fraction of sp³-hybridized carbons (Fsp3) is 0.750. The van der Waals surface area contributed by atoms with Crippen molar-refractivity contribution in [3.05, 3.63) is 24.5 Å². The third-order valence-corrected chi connectivity index (χ3v) is 10.6. The number of carbonyl (C=O) groups is 1. The smallest absolute Gasteiger partial charge is 0.157 e. The Balaban J connectivity index is 1.17. The molecule has 0 spiro atoms. The molecule has 8 atom stereocenters. The van der Waals surface area contributed by atoms with E-state index in [1.165, 1.54) is 51.4 Å². The first-order chi connectivity index (χ1) is 16.1. The summed E-state index contributed by atoms with van der Waals surface area (Å²) in [5, 5.41) is 4.49.